The van der Waals surface area contributed by atoms with E-state index in [-0.39, 0.29) is 63.4 Å². The molecular formula is C6H10BF3KN-. The predicted molar refractivity (Wildman–Crippen MR) is 45.0 cm³/mol. The molecule has 0 fully saturated rings. The molecule has 1 aliphatic rings. The molecule has 65 valence electrons. The monoisotopic (exact) mass is 203 g/mol. The zero-order valence-corrected chi connectivity index (χ0v) is 10.5. The Morgan fingerprint density at radius 3 is 2.33 bits per heavy atom. The van der Waals surface area contributed by atoms with Gasteiger partial charge in [0.25, 0.3) is 0 Å². The maximum atomic E-state index is 12.1. The normalized spacial score (nSPS) is 19.8. The number of hydrogen-bond donors (Lipinski definition) is 0. The quantitative estimate of drug-likeness (QED) is 0.580. The van der Waals surface area contributed by atoms with Crippen molar-refractivity contribution >= 4 is 58.4 Å². The van der Waals surface area contributed by atoms with E-state index < -0.39 is 6.98 Å². The molecule has 0 saturated carbocycles. The van der Waals surface area contributed by atoms with Crippen LogP contribution < -0.4 is 0 Å². The minimum absolute atomic E-state index is 0. The Balaban J connectivity index is 0.00000121. The van der Waals surface area contributed by atoms with E-state index in [1.165, 1.54) is 6.08 Å². The third-order valence-corrected chi connectivity index (χ3v) is 1.79. The van der Waals surface area contributed by atoms with Crippen LogP contribution in [0.4, 0.5) is 12.9 Å². The second kappa shape index (κ2) is 5.17. The molecule has 0 aromatic rings. The van der Waals surface area contributed by atoms with Crippen LogP contribution in [-0.4, -0.2) is 83.4 Å². The van der Waals surface area contributed by atoms with Crippen LogP contribution in [0.2, 0.25) is 0 Å². The van der Waals surface area contributed by atoms with E-state index in [0.29, 0.717) is 6.42 Å². The van der Waals surface area contributed by atoms with Gasteiger partial charge in [0.15, 0.2) is 0 Å². The summed E-state index contributed by atoms with van der Waals surface area (Å²) in [6.45, 7) is -3.95. The van der Waals surface area contributed by atoms with Crippen LogP contribution in [0.25, 0.3) is 0 Å². The summed E-state index contributed by atoms with van der Waals surface area (Å²) in [5.74, 6) is 0. The van der Waals surface area contributed by atoms with Crippen molar-refractivity contribution in [3.05, 3.63) is 11.5 Å². The van der Waals surface area contributed by atoms with Crippen molar-refractivity contribution in [1.82, 2.24) is 4.90 Å². The topological polar surface area (TPSA) is 3.24 Å². The van der Waals surface area contributed by atoms with Crippen molar-refractivity contribution in [2.75, 3.05) is 20.1 Å². The first-order valence-electron chi connectivity index (χ1n) is 3.57. The molecule has 0 saturated heterocycles. The minimum atomic E-state index is -4.74. The van der Waals surface area contributed by atoms with Crippen molar-refractivity contribution < 1.29 is 12.9 Å². The van der Waals surface area contributed by atoms with Gasteiger partial charge in [0.1, 0.15) is 0 Å². The SMILES string of the molecule is CN1CCC=C([B-](F)(F)F)C1.[K]. The fourth-order valence-corrected chi connectivity index (χ4v) is 1.16. The smallest absolute Gasteiger partial charge is 0.445 e. The summed E-state index contributed by atoms with van der Waals surface area (Å²) in [6.07, 6.45) is 1.83. The Kier molecular flexibility index (Phi) is 5.68. The van der Waals surface area contributed by atoms with Gasteiger partial charge in [0, 0.05) is 57.9 Å². The predicted octanol–water partition coefficient (Wildman–Crippen LogP) is 1.25. The Hall–Kier alpha value is 1.19. The Morgan fingerprint density at radius 2 is 2.00 bits per heavy atom. The zero-order chi connectivity index (χ0) is 8.48. The van der Waals surface area contributed by atoms with Crippen molar-refractivity contribution in [3.8, 4) is 0 Å². The Bertz CT molecular complexity index is 180. The van der Waals surface area contributed by atoms with Gasteiger partial charge >= 0.3 is 6.98 Å². The fraction of sp³-hybridized carbons (Fsp3) is 0.667. The number of halogens is 3. The third-order valence-electron chi connectivity index (χ3n) is 1.79. The average molecular weight is 203 g/mol. The number of nitrogens with zero attached hydrogens (tertiary/aromatic N) is 1. The van der Waals surface area contributed by atoms with Crippen LogP contribution in [0.1, 0.15) is 6.42 Å². The van der Waals surface area contributed by atoms with Crippen LogP contribution in [0.15, 0.2) is 11.5 Å². The molecule has 0 bridgehead atoms. The van der Waals surface area contributed by atoms with E-state index in [9.17, 15) is 12.9 Å². The summed E-state index contributed by atoms with van der Waals surface area (Å²) in [5, 5.41) is 0. The van der Waals surface area contributed by atoms with Gasteiger partial charge in [-0.25, -0.2) is 0 Å². The van der Waals surface area contributed by atoms with Crippen LogP contribution in [0.5, 0.6) is 0 Å². The molecule has 0 aliphatic carbocycles. The van der Waals surface area contributed by atoms with Gasteiger partial charge in [-0.15, -0.1) is 11.5 Å². The van der Waals surface area contributed by atoms with Crippen LogP contribution in [0.3, 0.4) is 0 Å². The van der Waals surface area contributed by atoms with Gasteiger partial charge in [-0.3, -0.25) is 0 Å². The third kappa shape index (κ3) is 3.93. The summed E-state index contributed by atoms with van der Waals surface area (Å²) < 4.78 is 36.2. The first-order valence-corrected chi connectivity index (χ1v) is 3.57. The summed E-state index contributed by atoms with van der Waals surface area (Å²) in [6, 6.07) is 0. The summed E-state index contributed by atoms with van der Waals surface area (Å²) in [7, 11) is 1.70. The maximum Gasteiger partial charge on any atom is 0.506 e. The average Bonchev–Trinajstić information content (AvgIpc) is 1.86. The Morgan fingerprint density at radius 1 is 1.42 bits per heavy atom. The molecule has 0 aromatic carbocycles. The molecule has 0 N–H and O–H groups in total. The molecule has 0 spiro atoms. The number of rotatable bonds is 1. The molecule has 6 heteroatoms. The standard InChI is InChI=1S/C6H10BF3N.K/c1-11-4-2-3-6(5-11)7(8,9)10;/h3H,2,4-5H2,1H3;/q-1;. The van der Waals surface area contributed by atoms with Crippen molar-refractivity contribution in [3.63, 3.8) is 0 Å². The van der Waals surface area contributed by atoms with E-state index in [1.54, 1.807) is 11.9 Å². The van der Waals surface area contributed by atoms with Crippen LogP contribution in [-0.2, 0) is 0 Å². The first-order chi connectivity index (χ1) is 5.00. The second-order valence-corrected chi connectivity index (χ2v) is 2.88. The van der Waals surface area contributed by atoms with Gasteiger partial charge in [-0.2, -0.15) is 0 Å². The zero-order valence-electron chi connectivity index (χ0n) is 7.36. The molecule has 1 rings (SSSR count). The molecule has 0 unspecified atom stereocenters. The van der Waals surface area contributed by atoms with Crippen molar-refractivity contribution in [2.45, 2.75) is 6.42 Å². The molecule has 1 nitrogen and oxygen atoms in total. The maximum absolute atomic E-state index is 12.1. The molecule has 1 aliphatic heterocycles. The molecule has 0 aromatic heterocycles. The van der Waals surface area contributed by atoms with E-state index in [2.05, 4.69) is 0 Å². The molecule has 12 heavy (non-hydrogen) atoms. The van der Waals surface area contributed by atoms with Gasteiger partial charge < -0.3 is 17.8 Å². The molecule has 0 atom stereocenters. The van der Waals surface area contributed by atoms with E-state index in [1.807, 2.05) is 0 Å². The van der Waals surface area contributed by atoms with Gasteiger partial charge in [0.05, 0.1) is 0 Å². The number of likely N-dealkylation sites (N-methyl/N-ethyl adjacent to an activating group) is 1. The summed E-state index contributed by atoms with van der Waals surface area (Å²) in [4.78, 5) is 1.69. The number of hydrogen-bond acceptors (Lipinski definition) is 1. The Labute approximate surface area is 113 Å². The molecule has 1 heterocycles. The largest absolute Gasteiger partial charge is 0.506 e. The molecular weight excluding hydrogens is 193 g/mol. The van der Waals surface area contributed by atoms with Crippen molar-refractivity contribution in [2.24, 2.45) is 0 Å². The molecule has 0 amide bonds. The van der Waals surface area contributed by atoms with Crippen LogP contribution >= 0.6 is 0 Å². The fourth-order valence-electron chi connectivity index (χ4n) is 1.16. The van der Waals surface area contributed by atoms with E-state index in [4.69, 9.17) is 0 Å². The van der Waals surface area contributed by atoms with Gasteiger partial charge in [-0.05, 0) is 20.0 Å². The van der Waals surface area contributed by atoms with E-state index >= 15 is 0 Å². The second-order valence-electron chi connectivity index (χ2n) is 2.88. The van der Waals surface area contributed by atoms with Crippen molar-refractivity contribution in [1.29, 1.82) is 0 Å². The first kappa shape index (κ1) is 13.2. The molecule has 1 radical (unpaired) electrons. The summed E-state index contributed by atoms with van der Waals surface area (Å²) in [5.41, 5.74) is -0.348. The van der Waals surface area contributed by atoms with E-state index in [0.717, 1.165) is 6.54 Å². The van der Waals surface area contributed by atoms with Gasteiger partial charge in [-0.1, -0.05) is 0 Å². The van der Waals surface area contributed by atoms with Crippen LogP contribution in [0, 0.1) is 0 Å². The minimum Gasteiger partial charge on any atom is -0.445 e. The van der Waals surface area contributed by atoms with Gasteiger partial charge in [0.2, 0.25) is 0 Å². The summed E-state index contributed by atoms with van der Waals surface area (Å²) >= 11 is 0.